The van der Waals surface area contributed by atoms with Crippen molar-refractivity contribution in [2.24, 2.45) is 5.73 Å². The molecule has 6 heteroatoms. The summed E-state index contributed by atoms with van der Waals surface area (Å²) in [5.41, 5.74) is 3.05. The summed E-state index contributed by atoms with van der Waals surface area (Å²) in [5.74, 6) is -3.63. The van der Waals surface area contributed by atoms with Crippen molar-refractivity contribution in [2.75, 3.05) is 0 Å². The third kappa shape index (κ3) is 3.19. The van der Waals surface area contributed by atoms with Gasteiger partial charge in [-0.05, 0) is 12.2 Å². The molecule has 0 heterocycles. The summed E-state index contributed by atoms with van der Waals surface area (Å²) < 4.78 is 0. The van der Waals surface area contributed by atoms with E-state index >= 15 is 0 Å². The Hall–Kier alpha value is -2.11. The SMILES string of the molecule is N/C(C(=O)[O-])=C(\C=C\C=O)C(=O)[O-]. The molecule has 0 saturated carbocycles. The lowest BCUT2D eigenvalue weighted by Gasteiger charge is -2.09. The molecule has 0 spiro atoms. The third-order valence-corrected chi connectivity index (χ3v) is 1.07. The largest absolute Gasteiger partial charge is 0.545 e. The van der Waals surface area contributed by atoms with E-state index in [0.717, 1.165) is 6.08 Å². The van der Waals surface area contributed by atoms with Crippen LogP contribution in [0.4, 0.5) is 0 Å². The highest BCUT2D eigenvalue weighted by Crippen LogP contribution is 1.98. The Bertz CT molecular complexity index is 302. The van der Waals surface area contributed by atoms with Gasteiger partial charge in [0.05, 0.1) is 17.6 Å². The zero-order valence-corrected chi connectivity index (χ0v) is 6.35. The molecule has 0 radical (unpaired) electrons. The van der Waals surface area contributed by atoms with Crippen molar-refractivity contribution in [3.8, 4) is 0 Å². The Labute approximate surface area is 73.0 Å². The topological polar surface area (TPSA) is 123 Å². The molecule has 0 unspecified atom stereocenters. The summed E-state index contributed by atoms with van der Waals surface area (Å²) in [6.07, 6.45) is 1.76. The zero-order chi connectivity index (χ0) is 10.4. The van der Waals surface area contributed by atoms with E-state index in [0.29, 0.717) is 6.08 Å². The molecule has 0 rings (SSSR count). The zero-order valence-electron chi connectivity index (χ0n) is 6.35. The highest BCUT2D eigenvalue weighted by atomic mass is 16.4. The number of carboxylic acids is 2. The van der Waals surface area contributed by atoms with E-state index in [2.05, 4.69) is 0 Å². The molecule has 13 heavy (non-hydrogen) atoms. The second-order valence-corrected chi connectivity index (χ2v) is 1.90. The van der Waals surface area contributed by atoms with Gasteiger partial charge in [0.1, 0.15) is 6.29 Å². The fourth-order valence-corrected chi connectivity index (χ4v) is 0.513. The first-order valence-electron chi connectivity index (χ1n) is 3.05. The lowest BCUT2D eigenvalue weighted by atomic mass is 10.2. The number of allylic oxidation sites excluding steroid dienone is 1. The maximum atomic E-state index is 10.2. The number of aliphatic carboxylic acids is 2. The van der Waals surface area contributed by atoms with Crippen LogP contribution in [0.3, 0.4) is 0 Å². The molecule has 0 aliphatic carbocycles. The van der Waals surface area contributed by atoms with Gasteiger partial charge in [-0.1, -0.05) is 0 Å². The molecule has 2 N–H and O–H groups in total. The average molecular weight is 183 g/mol. The number of aldehydes is 1. The number of carboxylic acid groups (broad SMARTS) is 2. The molecule has 0 aromatic carbocycles. The summed E-state index contributed by atoms with van der Waals surface area (Å²) >= 11 is 0. The quantitative estimate of drug-likeness (QED) is 0.273. The molecule has 0 amide bonds. The number of nitrogens with two attached hydrogens (primary N) is 1. The monoisotopic (exact) mass is 183 g/mol. The molecule has 0 aromatic rings. The van der Waals surface area contributed by atoms with E-state index in [4.69, 9.17) is 5.73 Å². The van der Waals surface area contributed by atoms with Crippen LogP contribution in [0.5, 0.6) is 0 Å². The number of carbonyl (C=O) groups is 3. The average Bonchev–Trinajstić information content (AvgIpc) is 2.04. The Kier molecular flexibility index (Phi) is 3.94. The molecule has 0 atom stereocenters. The van der Waals surface area contributed by atoms with Crippen molar-refractivity contribution >= 4 is 18.2 Å². The van der Waals surface area contributed by atoms with E-state index in [1.54, 1.807) is 0 Å². The molecule has 6 nitrogen and oxygen atoms in total. The first-order valence-corrected chi connectivity index (χ1v) is 3.05. The lowest BCUT2D eigenvalue weighted by molar-refractivity contribution is -0.303. The number of rotatable bonds is 4. The minimum Gasteiger partial charge on any atom is -0.545 e. The standard InChI is InChI=1S/C7H7NO5/c8-5(7(12)13)4(6(10)11)2-1-3-9/h1-3H,8H2,(H,10,11)(H,12,13)/p-2/b2-1+,5-4+. The van der Waals surface area contributed by atoms with Crippen LogP contribution in [-0.4, -0.2) is 18.2 Å². The van der Waals surface area contributed by atoms with Gasteiger partial charge in [-0.2, -0.15) is 0 Å². The molecule has 0 aromatic heterocycles. The van der Waals surface area contributed by atoms with Gasteiger partial charge in [0.2, 0.25) is 0 Å². The smallest absolute Gasteiger partial charge is 0.142 e. The van der Waals surface area contributed by atoms with Gasteiger partial charge < -0.3 is 25.5 Å². The minimum atomic E-state index is -1.84. The van der Waals surface area contributed by atoms with Gasteiger partial charge in [0.15, 0.2) is 0 Å². The molecule has 0 aliphatic rings. The van der Waals surface area contributed by atoms with Gasteiger partial charge in [0.25, 0.3) is 0 Å². The van der Waals surface area contributed by atoms with Crippen LogP contribution in [0.2, 0.25) is 0 Å². The molecule has 0 aliphatic heterocycles. The van der Waals surface area contributed by atoms with Crippen LogP contribution in [0.15, 0.2) is 23.4 Å². The van der Waals surface area contributed by atoms with Crippen LogP contribution in [0, 0.1) is 0 Å². The normalized spacial score (nSPS) is 12.3. The number of carbonyl (C=O) groups excluding carboxylic acids is 3. The fourth-order valence-electron chi connectivity index (χ4n) is 0.513. The highest BCUT2D eigenvalue weighted by Gasteiger charge is 2.01. The molecule has 70 valence electrons. The summed E-state index contributed by atoms with van der Waals surface area (Å²) in [4.78, 5) is 30.1. The molecule has 0 bridgehead atoms. The van der Waals surface area contributed by atoms with Crippen molar-refractivity contribution < 1.29 is 24.6 Å². The van der Waals surface area contributed by atoms with Gasteiger partial charge in [0, 0.05) is 5.57 Å². The van der Waals surface area contributed by atoms with Crippen molar-refractivity contribution in [3.63, 3.8) is 0 Å². The predicted molar refractivity (Wildman–Crippen MR) is 36.4 cm³/mol. The highest BCUT2D eigenvalue weighted by molar-refractivity contribution is 5.99. The summed E-state index contributed by atoms with van der Waals surface area (Å²) in [6.45, 7) is 0. The van der Waals surface area contributed by atoms with Crippen molar-refractivity contribution in [1.29, 1.82) is 0 Å². The van der Waals surface area contributed by atoms with Crippen molar-refractivity contribution in [1.82, 2.24) is 0 Å². The van der Waals surface area contributed by atoms with Crippen molar-refractivity contribution in [2.45, 2.75) is 0 Å². The first kappa shape index (κ1) is 10.9. The summed E-state index contributed by atoms with van der Waals surface area (Å²) in [6, 6.07) is 0. The van der Waals surface area contributed by atoms with Crippen LogP contribution in [0.1, 0.15) is 0 Å². The van der Waals surface area contributed by atoms with Crippen molar-refractivity contribution in [3.05, 3.63) is 23.4 Å². The van der Waals surface area contributed by atoms with Crippen LogP contribution < -0.4 is 15.9 Å². The van der Waals surface area contributed by atoms with Gasteiger partial charge in [-0.3, -0.25) is 4.79 Å². The van der Waals surface area contributed by atoms with Crippen LogP contribution in [-0.2, 0) is 14.4 Å². The fraction of sp³-hybridized carbons (Fsp3) is 0. The maximum absolute atomic E-state index is 10.2. The Morgan fingerprint density at radius 3 is 2.00 bits per heavy atom. The Balaban J connectivity index is 5.11. The molecular weight excluding hydrogens is 178 g/mol. The van der Waals surface area contributed by atoms with E-state index < -0.39 is 23.2 Å². The second kappa shape index (κ2) is 4.70. The Morgan fingerprint density at radius 2 is 1.69 bits per heavy atom. The number of hydrogen-bond donors (Lipinski definition) is 1. The van der Waals surface area contributed by atoms with E-state index in [1.165, 1.54) is 0 Å². The maximum Gasteiger partial charge on any atom is 0.142 e. The van der Waals surface area contributed by atoms with Gasteiger partial charge in [-0.15, -0.1) is 0 Å². The second-order valence-electron chi connectivity index (χ2n) is 1.90. The predicted octanol–water partition coefficient (Wildman–Crippen LogP) is -3.55. The van der Waals surface area contributed by atoms with E-state index in [-0.39, 0.29) is 6.29 Å². The number of hydrogen-bond acceptors (Lipinski definition) is 6. The van der Waals surface area contributed by atoms with Gasteiger partial charge in [-0.25, -0.2) is 0 Å². The summed E-state index contributed by atoms with van der Waals surface area (Å²) in [5, 5.41) is 20.3. The minimum absolute atomic E-state index is 0.269. The summed E-state index contributed by atoms with van der Waals surface area (Å²) in [7, 11) is 0. The third-order valence-electron chi connectivity index (χ3n) is 1.07. The van der Waals surface area contributed by atoms with Crippen LogP contribution >= 0.6 is 0 Å². The molecule has 0 fully saturated rings. The first-order chi connectivity index (χ1) is 6.00. The van der Waals surface area contributed by atoms with E-state index in [1.807, 2.05) is 0 Å². The molecule has 0 saturated heterocycles. The van der Waals surface area contributed by atoms with Gasteiger partial charge >= 0.3 is 0 Å². The lowest BCUT2D eigenvalue weighted by Crippen LogP contribution is -2.34. The Morgan fingerprint density at radius 1 is 1.15 bits per heavy atom. The molecular formula is C7H5NO5-2. The van der Waals surface area contributed by atoms with E-state index in [9.17, 15) is 24.6 Å². The van der Waals surface area contributed by atoms with Crippen LogP contribution in [0.25, 0.3) is 0 Å².